The van der Waals surface area contributed by atoms with Crippen molar-refractivity contribution in [3.63, 3.8) is 0 Å². The number of hydrogen-bond acceptors (Lipinski definition) is 0. The van der Waals surface area contributed by atoms with Crippen molar-refractivity contribution < 1.29 is 18.3 Å². The Balaban J connectivity index is 0.00000260. The van der Waals surface area contributed by atoms with Gasteiger partial charge >= 0.3 is 282 Å². The molecule has 0 radical (unpaired) electrons. The molecule has 4 aromatic rings. The van der Waals surface area contributed by atoms with Gasteiger partial charge in [0.15, 0.2) is 0 Å². The van der Waals surface area contributed by atoms with Gasteiger partial charge in [-0.15, -0.1) is 24.8 Å². The van der Waals surface area contributed by atoms with Gasteiger partial charge in [-0.3, -0.25) is 0 Å². The van der Waals surface area contributed by atoms with Gasteiger partial charge in [0.05, 0.1) is 0 Å². The summed E-state index contributed by atoms with van der Waals surface area (Å²) in [5.41, 5.74) is 15.6. The van der Waals surface area contributed by atoms with Crippen LogP contribution in [0.25, 0.3) is 11.1 Å². The second kappa shape index (κ2) is 13.8. The fourth-order valence-corrected chi connectivity index (χ4v) is 26.2. The Morgan fingerprint density at radius 2 is 1.25 bits per heavy atom. The SMILES string of the molecule is Cl.Cl.[CH2]=[Zr]([C]1=CC(C(C)(C)C)=CC1CCCC)([c]1ccc(C)cc1)([c]1ccc(C)cc1)[c]1c(C)c(C)cc2c1Cc1cc(C)c(C)cc1-2. The summed E-state index contributed by atoms with van der Waals surface area (Å²) in [5, 5.41) is 0. The molecule has 0 aromatic heterocycles. The third-order valence-electron chi connectivity index (χ3n) is 11.7. The van der Waals surface area contributed by atoms with E-state index < -0.39 is 18.3 Å². The summed E-state index contributed by atoms with van der Waals surface area (Å²) in [6, 6.07) is 26.7. The standard InChI is InChI=1S/C17H17.C13H21.2C7H7.CH2.2ClH.Zr/c1-10-5-14-9-15-6-11(2)13(4)8-17(15)16(14)7-12(10)3;1-5-6-7-11-8-9-12(10-11)13(2,3)4;2*1-7-5-3-2-4-6-7;;;;/h5,7-8H,9H2,1-4H3;9-11H,5-7H2,1-4H3;2*3-6H,1H3;1H2;2*1H;. The van der Waals surface area contributed by atoms with Gasteiger partial charge in [-0.1, -0.05) is 0 Å². The molecule has 1 atom stereocenters. The molecule has 2 aliphatic rings. The van der Waals surface area contributed by atoms with Crippen LogP contribution in [-0.4, -0.2) is 4.21 Å². The molecule has 0 bridgehead atoms. The van der Waals surface area contributed by atoms with Crippen molar-refractivity contribution in [2.45, 2.75) is 94.9 Å². The monoisotopic (exact) mass is 756 g/mol. The van der Waals surface area contributed by atoms with Crippen molar-refractivity contribution in [1.82, 2.24) is 0 Å². The van der Waals surface area contributed by atoms with Crippen molar-refractivity contribution in [2.75, 3.05) is 0 Å². The van der Waals surface area contributed by atoms with Gasteiger partial charge < -0.3 is 0 Å². The summed E-state index contributed by atoms with van der Waals surface area (Å²) in [6.07, 6.45) is 9.89. The summed E-state index contributed by atoms with van der Waals surface area (Å²) >= 11 is -4.97. The van der Waals surface area contributed by atoms with E-state index in [0.29, 0.717) is 5.92 Å². The number of unbranched alkanes of at least 4 members (excludes halogenated alkanes) is 1. The van der Waals surface area contributed by atoms with Crippen LogP contribution in [0.15, 0.2) is 87.7 Å². The van der Waals surface area contributed by atoms with Crippen LogP contribution < -0.4 is 9.81 Å². The molecule has 3 heteroatoms. The Labute approximate surface area is 304 Å². The minimum atomic E-state index is -4.97. The van der Waals surface area contributed by atoms with Crippen LogP contribution in [-0.2, 0) is 24.7 Å². The molecule has 2 aliphatic carbocycles. The zero-order chi connectivity index (χ0) is 33.2. The number of aryl methyl sites for hydroxylation is 5. The third-order valence-corrected chi connectivity index (χ3v) is 28.4. The fraction of sp³-hybridized carbons (Fsp3) is 0.356. The molecule has 0 nitrogen and oxygen atoms in total. The minimum absolute atomic E-state index is 0. The molecule has 0 saturated heterocycles. The van der Waals surface area contributed by atoms with E-state index in [1.54, 1.807) is 6.55 Å². The normalized spacial score (nSPS) is 15.6. The first-order valence-corrected chi connectivity index (χ1v) is 24.2. The summed E-state index contributed by atoms with van der Waals surface area (Å²) < 4.78 is 12.1. The first-order valence-electron chi connectivity index (χ1n) is 17.5. The van der Waals surface area contributed by atoms with Crippen molar-refractivity contribution in [3.8, 4) is 11.1 Å². The predicted octanol–water partition coefficient (Wildman–Crippen LogP) is 11.0. The molecule has 254 valence electrons. The molecule has 0 N–H and O–H groups in total. The predicted molar refractivity (Wildman–Crippen MR) is 215 cm³/mol. The molecule has 0 aliphatic heterocycles. The Hall–Kier alpha value is -2.31. The molecule has 0 fully saturated rings. The maximum atomic E-state index is 5.91. The molecule has 0 spiro atoms. The summed E-state index contributed by atoms with van der Waals surface area (Å²) in [5.74, 6) is 0.378. The summed E-state index contributed by atoms with van der Waals surface area (Å²) in [6.45, 7) is 23.2. The van der Waals surface area contributed by atoms with Gasteiger partial charge in [0.1, 0.15) is 0 Å². The van der Waals surface area contributed by atoms with Crippen LogP contribution >= 0.6 is 24.8 Å². The Morgan fingerprint density at radius 3 is 1.77 bits per heavy atom. The third kappa shape index (κ3) is 5.95. The Kier molecular flexibility index (Phi) is 11.0. The average Bonchev–Trinajstić information content (AvgIpc) is 3.59. The molecule has 48 heavy (non-hydrogen) atoms. The number of allylic oxidation sites excluding steroid dienone is 4. The van der Waals surface area contributed by atoms with Crippen LogP contribution in [0.1, 0.15) is 91.5 Å². The van der Waals surface area contributed by atoms with Crippen molar-refractivity contribution in [3.05, 3.63) is 132 Å². The van der Waals surface area contributed by atoms with Crippen molar-refractivity contribution in [2.24, 2.45) is 11.3 Å². The van der Waals surface area contributed by atoms with E-state index in [1.165, 1.54) is 87.0 Å². The molecule has 0 saturated carbocycles. The molecular weight excluding hydrogens is 703 g/mol. The van der Waals surface area contributed by atoms with Crippen LogP contribution in [0.3, 0.4) is 0 Å². The first kappa shape index (κ1) is 38.5. The molecule has 1 unspecified atom stereocenters. The fourth-order valence-electron chi connectivity index (χ4n) is 8.71. The molecule has 4 aromatic carbocycles. The van der Waals surface area contributed by atoms with Gasteiger partial charge in [-0.25, -0.2) is 0 Å². The second-order valence-electron chi connectivity index (χ2n) is 15.9. The van der Waals surface area contributed by atoms with E-state index in [2.05, 4.69) is 148 Å². The molecule has 0 heterocycles. The van der Waals surface area contributed by atoms with Gasteiger partial charge in [0.2, 0.25) is 0 Å². The number of hydrogen-bond donors (Lipinski definition) is 0. The summed E-state index contributed by atoms with van der Waals surface area (Å²) in [7, 11) is 0. The van der Waals surface area contributed by atoms with Gasteiger partial charge in [-0.2, -0.15) is 0 Å². The Morgan fingerprint density at radius 1 is 0.729 bits per heavy atom. The van der Waals surface area contributed by atoms with E-state index in [9.17, 15) is 0 Å². The number of fused-ring (bicyclic) bond motifs is 3. The Bertz CT molecular complexity index is 1930. The number of benzene rings is 4. The topological polar surface area (TPSA) is 0 Å². The first-order chi connectivity index (χ1) is 21.7. The van der Waals surface area contributed by atoms with Gasteiger partial charge in [0, 0.05) is 0 Å². The van der Waals surface area contributed by atoms with Crippen LogP contribution in [0.5, 0.6) is 0 Å². The molecule has 0 amide bonds. The zero-order valence-electron chi connectivity index (χ0n) is 30.9. The number of halogens is 2. The quantitative estimate of drug-likeness (QED) is 0.155. The van der Waals surface area contributed by atoms with Crippen LogP contribution in [0, 0.1) is 52.9 Å². The van der Waals surface area contributed by atoms with Crippen LogP contribution in [0.4, 0.5) is 0 Å². The van der Waals surface area contributed by atoms with Crippen LogP contribution in [0.2, 0.25) is 0 Å². The van der Waals surface area contributed by atoms with Gasteiger partial charge in [0.25, 0.3) is 0 Å². The average molecular weight is 759 g/mol. The zero-order valence-corrected chi connectivity index (χ0v) is 35.0. The molecule has 6 rings (SSSR count). The van der Waals surface area contributed by atoms with Crippen molar-refractivity contribution >= 4 is 38.8 Å². The summed E-state index contributed by atoms with van der Waals surface area (Å²) in [4.78, 5) is 0. The van der Waals surface area contributed by atoms with E-state index in [-0.39, 0.29) is 30.2 Å². The van der Waals surface area contributed by atoms with Gasteiger partial charge in [-0.05, 0) is 0 Å². The van der Waals surface area contributed by atoms with E-state index in [0.717, 1.165) is 6.42 Å². The maximum absolute atomic E-state index is 5.91. The van der Waals surface area contributed by atoms with E-state index in [4.69, 9.17) is 4.21 Å². The van der Waals surface area contributed by atoms with Crippen molar-refractivity contribution in [1.29, 1.82) is 0 Å². The molecular formula is C45H56Cl2Zr. The number of rotatable bonds is 7. The second-order valence-corrected chi connectivity index (χ2v) is 28.5. The van der Waals surface area contributed by atoms with E-state index >= 15 is 0 Å². The van der Waals surface area contributed by atoms with E-state index in [1.807, 2.05) is 0 Å².